The molecule has 0 aliphatic carbocycles. The topological polar surface area (TPSA) is 93.1 Å². The van der Waals surface area contributed by atoms with Crippen molar-refractivity contribution in [3.63, 3.8) is 0 Å². The van der Waals surface area contributed by atoms with E-state index in [1.807, 2.05) is 28.8 Å². The third-order valence-electron chi connectivity index (χ3n) is 4.42. The molecule has 8 heteroatoms. The van der Waals surface area contributed by atoms with Gasteiger partial charge in [-0.15, -0.1) is 0 Å². The summed E-state index contributed by atoms with van der Waals surface area (Å²) in [5, 5.41) is 2.86. The summed E-state index contributed by atoms with van der Waals surface area (Å²) in [5.74, 6) is -0.281. The number of nitrogens with zero attached hydrogens (tertiary/aromatic N) is 2. The summed E-state index contributed by atoms with van der Waals surface area (Å²) in [6.45, 7) is 2.99. The van der Waals surface area contributed by atoms with Gasteiger partial charge in [0.25, 0.3) is 5.91 Å². The maximum Gasteiger partial charge on any atom is 0.251 e. The molecule has 0 spiro atoms. The number of sulfonamides is 1. The summed E-state index contributed by atoms with van der Waals surface area (Å²) in [7, 11) is -2.24. The van der Waals surface area contributed by atoms with Crippen molar-refractivity contribution < 1.29 is 13.2 Å². The Bertz CT molecular complexity index is 1070. The number of benzene rings is 2. The van der Waals surface area contributed by atoms with Crippen LogP contribution < -0.4 is 10.0 Å². The molecule has 1 amide bonds. The van der Waals surface area contributed by atoms with Crippen LogP contribution in [0.1, 0.15) is 22.3 Å². The Balaban J connectivity index is 1.62. The van der Waals surface area contributed by atoms with Gasteiger partial charge in [0, 0.05) is 18.7 Å². The van der Waals surface area contributed by atoms with Crippen molar-refractivity contribution in [3.05, 3.63) is 59.9 Å². The van der Waals surface area contributed by atoms with Crippen LogP contribution in [0.25, 0.3) is 11.0 Å². The van der Waals surface area contributed by atoms with Gasteiger partial charge in [-0.25, -0.2) is 18.1 Å². The average molecular weight is 386 g/mol. The smallest absolute Gasteiger partial charge is 0.251 e. The second kappa shape index (κ2) is 7.89. The predicted octanol–water partition coefficient (Wildman–Crippen LogP) is 2.07. The number of fused-ring (bicyclic) bond motifs is 1. The Morgan fingerprint density at radius 3 is 2.74 bits per heavy atom. The van der Waals surface area contributed by atoms with Gasteiger partial charge in [-0.2, -0.15) is 0 Å². The number of hydrogen-bond donors (Lipinski definition) is 2. The van der Waals surface area contributed by atoms with Gasteiger partial charge < -0.3 is 9.88 Å². The van der Waals surface area contributed by atoms with E-state index in [1.165, 1.54) is 19.2 Å². The number of para-hydroxylation sites is 2. The van der Waals surface area contributed by atoms with Gasteiger partial charge in [-0.3, -0.25) is 4.79 Å². The molecule has 1 heterocycles. The molecule has 1 aromatic heterocycles. The molecule has 3 rings (SSSR count). The SMILES string of the molecule is CNS(=O)(=O)c1ccc(C)c(C(=O)NCCCn2cnc3ccccc32)c1. The number of carbonyl (C=O) groups excluding carboxylic acids is 1. The number of carbonyl (C=O) groups is 1. The van der Waals surface area contributed by atoms with E-state index in [0.29, 0.717) is 12.1 Å². The van der Waals surface area contributed by atoms with E-state index in [4.69, 9.17) is 0 Å². The van der Waals surface area contributed by atoms with Crippen molar-refractivity contribution >= 4 is 27.0 Å². The molecule has 0 unspecified atom stereocenters. The fourth-order valence-electron chi connectivity index (χ4n) is 2.87. The summed E-state index contributed by atoms with van der Waals surface area (Å²) in [4.78, 5) is 16.9. The van der Waals surface area contributed by atoms with Gasteiger partial charge in [0.15, 0.2) is 0 Å². The van der Waals surface area contributed by atoms with Crippen LogP contribution in [0.15, 0.2) is 53.7 Å². The maximum absolute atomic E-state index is 12.5. The molecule has 142 valence electrons. The Labute approximate surface area is 158 Å². The van der Waals surface area contributed by atoms with Gasteiger partial charge in [0.2, 0.25) is 10.0 Å². The van der Waals surface area contributed by atoms with Gasteiger partial charge in [0.1, 0.15) is 0 Å². The van der Waals surface area contributed by atoms with E-state index in [1.54, 1.807) is 19.3 Å². The lowest BCUT2D eigenvalue weighted by atomic mass is 10.1. The van der Waals surface area contributed by atoms with Crippen molar-refractivity contribution in [2.45, 2.75) is 24.8 Å². The zero-order valence-corrected chi connectivity index (χ0v) is 16.1. The van der Waals surface area contributed by atoms with E-state index < -0.39 is 10.0 Å². The normalized spacial score (nSPS) is 11.6. The predicted molar refractivity (Wildman–Crippen MR) is 104 cm³/mol. The highest BCUT2D eigenvalue weighted by Crippen LogP contribution is 2.16. The quantitative estimate of drug-likeness (QED) is 0.608. The molecular weight excluding hydrogens is 364 g/mol. The van der Waals surface area contributed by atoms with Crippen molar-refractivity contribution in [3.8, 4) is 0 Å². The van der Waals surface area contributed by atoms with Gasteiger partial charge in [-0.1, -0.05) is 18.2 Å². The largest absolute Gasteiger partial charge is 0.352 e. The zero-order valence-electron chi connectivity index (χ0n) is 15.3. The lowest BCUT2D eigenvalue weighted by Gasteiger charge is -2.10. The van der Waals surface area contributed by atoms with Crippen LogP contribution in [-0.2, 0) is 16.6 Å². The Morgan fingerprint density at radius 1 is 1.19 bits per heavy atom. The van der Waals surface area contributed by atoms with Gasteiger partial charge in [0.05, 0.1) is 22.3 Å². The third-order valence-corrected chi connectivity index (χ3v) is 5.83. The first-order chi connectivity index (χ1) is 12.9. The van der Waals surface area contributed by atoms with E-state index in [0.717, 1.165) is 29.6 Å². The number of amides is 1. The Kier molecular flexibility index (Phi) is 5.57. The third kappa shape index (κ3) is 4.17. The van der Waals surface area contributed by atoms with Crippen LogP contribution in [0.4, 0.5) is 0 Å². The number of aromatic nitrogens is 2. The van der Waals surface area contributed by atoms with Crippen LogP contribution in [-0.4, -0.2) is 37.5 Å². The number of rotatable bonds is 7. The summed E-state index contributed by atoms with van der Waals surface area (Å²) in [6, 6.07) is 12.4. The molecule has 0 saturated carbocycles. The van der Waals surface area contributed by atoms with Crippen LogP contribution in [0.3, 0.4) is 0 Å². The second-order valence-corrected chi connectivity index (χ2v) is 8.11. The lowest BCUT2D eigenvalue weighted by molar-refractivity contribution is 0.0952. The highest BCUT2D eigenvalue weighted by Gasteiger charge is 2.16. The highest BCUT2D eigenvalue weighted by molar-refractivity contribution is 7.89. The van der Waals surface area contributed by atoms with E-state index in [9.17, 15) is 13.2 Å². The molecule has 0 bridgehead atoms. The number of nitrogens with one attached hydrogen (secondary N) is 2. The van der Waals surface area contributed by atoms with E-state index in [-0.39, 0.29) is 10.8 Å². The molecule has 0 fully saturated rings. The molecule has 0 aliphatic rings. The first-order valence-corrected chi connectivity index (χ1v) is 10.1. The van der Waals surface area contributed by atoms with E-state index in [2.05, 4.69) is 15.0 Å². The average Bonchev–Trinajstić information content (AvgIpc) is 3.08. The van der Waals surface area contributed by atoms with Gasteiger partial charge in [-0.05, 0) is 50.2 Å². The summed E-state index contributed by atoms with van der Waals surface area (Å²) < 4.78 is 28.2. The first kappa shape index (κ1) is 19.1. The van der Waals surface area contributed by atoms with Crippen LogP contribution in [0.2, 0.25) is 0 Å². The summed E-state index contributed by atoms with van der Waals surface area (Å²) in [6.07, 6.45) is 2.53. The summed E-state index contributed by atoms with van der Waals surface area (Å²) >= 11 is 0. The number of aryl methyl sites for hydroxylation is 2. The monoisotopic (exact) mass is 386 g/mol. The number of hydrogen-bond acceptors (Lipinski definition) is 4. The molecule has 0 atom stereocenters. The molecule has 2 aromatic carbocycles. The Morgan fingerprint density at radius 2 is 1.96 bits per heavy atom. The fraction of sp³-hybridized carbons (Fsp3) is 0.263. The van der Waals surface area contributed by atoms with Crippen molar-refractivity contribution in [1.29, 1.82) is 0 Å². The highest BCUT2D eigenvalue weighted by atomic mass is 32.2. The zero-order chi connectivity index (χ0) is 19.4. The maximum atomic E-state index is 12.5. The van der Waals surface area contributed by atoms with Crippen molar-refractivity contribution in [2.75, 3.05) is 13.6 Å². The van der Waals surface area contributed by atoms with Crippen LogP contribution >= 0.6 is 0 Å². The molecule has 0 saturated heterocycles. The Hall–Kier alpha value is -2.71. The van der Waals surface area contributed by atoms with Crippen LogP contribution in [0.5, 0.6) is 0 Å². The molecule has 3 aromatic rings. The molecular formula is C19H22N4O3S. The van der Waals surface area contributed by atoms with Crippen molar-refractivity contribution in [2.24, 2.45) is 0 Å². The van der Waals surface area contributed by atoms with E-state index >= 15 is 0 Å². The molecule has 27 heavy (non-hydrogen) atoms. The van der Waals surface area contributed by atoms with Gasteiger partial charge >= 0.3 is 0 Å². The first-order valence-electron chi connectivity index (χ1n) is 8.64. The standard InChI is InChI=1S/C19H22N4O3S/c1-14-8-9-15(27(25,26)20-2)12-16(14)19(24)21-10-5-11-23-13-22-17-6-3-4-7-18(17)23/h3-4,6-9,12-13,20H,5,10-11H2,1-2H3,(H,21,24). The molecule has 7 nitrogen and oxygen atoms in total. The lowest BCUT2D eigenvalue weighted by Crippen LogP contribution is -2.26. The van der Waals surface area contributed by atoms with Crippen LogP contribution in [0, 0.1) is 6.92 Å². The second-order valence-electron chi connectivity index (χ2n) is 6.22. The molecule has 0 aliphatic heterocycles. The molecule has 0 radical (unpaired) electrons. The minimum Gasteiger partial charge on any atom is -0.352 e. The minimum absolute atomic E-state index is 0.0747. The number of imidazole rings is 1. The molecule has 2 N–H and O–H groups in total. The van der Waals surface area contributed by atoms with Crippen molar-refractivity contribution in [1.82, 2.24) is 19.6 Å². The minimum atomic E-state index is -3.59. The fourth-order valence-corrected chi connectivity index (χ4v) is 3.62. The summed E-state index contributed by atoms with van der Waals surface area (Å²) in [5.41, 5.74) is 3.09.